The smallest absolute Gasteiger partial charge is 0.406 e. The fraction of sp³-hybridized carbons (Fsp3) is 0.704. The third-order valence-electron chi connectivity index (χ3n) is 7.23. The van der Waals surface area contributed by atoms with Gasteiger partial charge in [0, 0.05) is 51.4 Å². The molecule has 9 nitrogen and oxygen atoms in total. The molecule has 2 aliphatic rings. The minimum atomic E-state index is -0.529. The molecule has 1 unspecified atom stereocenters. The van der Waals surface area contributed by atoms with Crippen molar-refractivity contribution in [3.8, 4) is 0 Å². The Morgan fingerprint density at radius 3 is 2.84 bits per heavy atom. The summed E-state index contributed by atoms with van der Waals surface area (Å²) in [6.45, 7) is 5.89. The Labute approximate surface area is 219 Å². The highest BCUT2D eigenvalue weighted by molar-refractivity contribution is 5.74. The zero-order chi connectivity index (χ0) is 26.6. The number of ether oxygens (including phenoxy) is 3. The molecule has 1 aromatic rings. The van der Waals surface area contributed by atoms with Gasteiger partial charge >= 0.3 is 12.1 Å². The maximum atomic E-state index is 14.2. The Bertz CT molecular complexity index is 867. The number of urea groups is 1. The summed E-state index contributed by atoms with van der Waals surface area (Å²) in [5, 5.41) is 9.04. The zero-order valence-corrected chi connectivity index (χ0v) is 22.4. The number of benzene rings is 1. The summed E-state index contributed by atoms with van der Waals surface area (Å²) in [6.07, 6.45) is 3.82. The summed E-state index contributed by atoms with van der Waals surface area (Å²) in [6, 6.07) is 4.64. The van der Waals surface area contributed by atoms with Crippen LogP contribution in [0.15, 0.2) is 18.2 Å². The van der Waals surface area contributed by atoms with Gasteiger partial charge in [-0.3, -0.25) is 0 Å². The van der Waals surface area contributed by atoms with Crippen molar-refractivity contribution < 1.29 is 28.2 Å². The van der Waals surface area contributed by atoms with Gasteiger partial charge in [0.15, 0.2) is 0 Å². The molecule has 2 heterocycles. The number of carbonyl (C=O) groups excluding carboxylic acids is 2. The SMILES string of the molecule is CNC[C@H](C[C@@H]1CCCOC1)NC(=O)N1CCCC([C@@H](OCCNC(=O)OC)c2cc(F)ccc2C)C1. The van der Waals surface area contributed by atoms with Gasteiger partial charge in [-0.25, -0.2) is 14.0 Å². The highest BCUT2D eigenvalue weighted by Crippen LogP contribution is 2.35. The molecule has 0 bridgehead atoms. The van der Waals surface area contributed by atoms with Crippen LogP contribution >= 0.6 is 0 Å². The maximum Gasteiger partial charge on any atom is 0.406 e. The molecule has 2 aliphatic heterocycles. The number of piperidine rings is 1. The number of aryl methyl sites for hydroxylation is 1. The predicted molar refractivity (Wildman–Crippen MR) is 139 cm³/mol. The number of rotatable bonds is 11. The van der Waals surface area contributed by atoms with Crippen molar-refractivity contribution in [3.05, 3.63) is 35.1 Å². The molecule has 37 heavy (non-hydrogen) atoms. The van der Waals surface area contributed by atoms with E-state index in [9.17, 15) is 14.0 Å². The number of halogens is 1. The monoisotopic (exact) mass is 522 g/mol. The molecule has 10 heteroatoms. The summed E-state index contributed by atoms with van der Waals surface area (Å²) in [5.41, 5.74) is 1.70. The maximum absolute atomic E-state index is 14.2. The summed E-state index contributed by atoms with van der Waals surface area (Å²) < 4.78 is 30.7. The van der Waals surface area contributed by atoms with Gasteiger partial charge in [0.2, 0.25) is 0 Å². The van der Waals surface area contributed by atoms with Gasteiger partial charge in [-0.15, -0.1) is 0 Å². The summed E-state index contributed by atoms with van der Waals surface area (Å²) >= 11 is 0. The standard InChI is InChI=1S/C27H43FN4O5/c1-19-8-9-22(28)15-24(19)25(37-13-10-30-27(34)35-3)21-7-4-11-32(17-21)26(33)31-23(16-29-2)14-20-6-5-12-36-18-20/h8-9,15,20-21,23,25,29H,4-7,10-14,16-18H2,1-3H3,(H,30,34)(H,31,33)/t20-,21?,23-,25+/m0/s1. The average Bonchev–Trinajstić information content (AvgIpc) is 2.91. The Kier molecular flexibility index (Phi) is 11.9. The zero-order valence-electron chi connectivity index (χ0n) is 22.4. The van der Waals surface area contributed by atoms with E-state index in [1.54, 1.807) is 6.07 Å². The lowest BCUT2D eigenvalue weighted by Gasteiger charge is -2.38. The predicted octanol–water partition coefficient (Wildman–Crippen LogP) is 3.37. The van der Waals surface area contributed by atoms with Crippen molar-refractivity contribution in [2.75, 3.05) is 60.2 Å². The first-order valence-corrected chi connectivity index (χ1v) is 13.4. The Hall–Kier alpha value is -2.43. The first-order chi connectivity index (χ1) is 17.9. The molecule has 4 atom stereocenters. The second-order valence-corrected chi connectivity index (χ2v) is 10.1. The van der Waals surface area contributed by atoms with Crippen LogP contribution in [0.25, 0.3) is 0 Å². The highest BCUT2D eigenvalue weighted by Gasteiger charge is 2.33. The van der Waals surface area contributed by atoms with Crippen LogP contribution in [0.2, 0.25) is 0 Å². The lowest BCUT2D eigenvalue weighted by Crippen LogP contribution is -2.52. The number of hydrogen-bond acceptors (Lipinski definition) is 6. The molecule has 1 aromatic carbocycles. The number of hydrogen-bond donors (Lipinski definition) is 3. The molecule has 208 valence electrons. The van der Waals surface area contributed by atoms with E-state index in [1.165, 1.54) is 19.2 Å². The quantitative estimate of drug-likeness (QED) is 0.385. The number of alkyl carbamates (subject to hydrolysis) is 1. The number of amides is 3. The van der Waals surface area contributed by atoms with Gasteiger partial charge in [0.25, 0.3) is 0 Å². The number of likely N-dealkylation sites (tertiary alicyclic amines) is 1. The van der Waals surface area contributed by atoms with Crippen molar-refractivity contribution >= 4 is 12.1 Å². The second kappa shape index (κ2) is 15.1. The normalized spacial score (nSPS) is 21.7. The molecule has 3 rings (SSSR count). The third-order valence-corrected chi connectivity index (χ3v) is 7.23. The van der Waals surface area contributed by atoms with E-state index in [0.717, 1.165) is 56.4 Å². The highest BCUT2D eigenvalue weighted by atomic mass is 19.1. The first kappa shape index (κ1) is 29.1. The molecule has 0 spiro atoms. The number of nitrogens with one attached hydrogen (secondary N) is 3. The van der Waals surface area contributed by atoms with Crippen molar-refractivity contribution in [3.63, 3.8) is 0 Å². The summed E-state index contributed by atoms with van der Waals surface area (Å²) in [4.78, 5) is 26.6. The van der Waals surface area contributed by atoms with Crippen LogP contribution < -0.4 is 16.0 Å². The van der Waals surface area contributed by atoms with Crippen LogP contribution in [0.5, 0.6) is 0 Å². The van der Waals surface area contributed by atoms with E-state index < -0.39 is 12.2 Å². The van der Waals surface area contributed by atoms with Gasteiger partial charge < -0.3 is 35.1 Å². The van der Waals surface area contributed by atoms with E-state index in [4.69, 9.17) is 9.47 Å². The van der Waals surface area contributed by atoms with Crippen LogP contribution in [0.3, 0.4) is 0 Å². The van der Waals surface area contributed by atoms with Crippen molar-refractivity contribution in [1.82, 2.24) is 20.9 Å². The van der Waals surface area contributed by atoms with Gasteiger partial charge in [0.1, 0.15) is 5.82 Å². The largest absolute Gasteiger partial charge is 0.453 e. The van der Waals surface area contributed by atoms with Gasteiger partial charge in [-0.2, -0.15) is 0 Å². The van der Waals surface area contributed by atoms with Gasteiger partial charge in [-0.1, -0.05) is 6.07 Å². The summed E-state index contributed by atoms with van der Waals surface area (Å²) in [5.74, 6) is 0.121. The molecule has 0 aromatic heterocycles. The lowest BCUT2D eigenvalue weighted by molar-refractivity contribution is -0.00923. The first-order valence-electron chi connectivity index (χ1n) is 13.4. The fourth-order valence-corrected chi connectivity index (χ4v) is 5.35. The summed E-state index contributed by atoms with van der Waals surface area (Å²) in [7, 11) is 3.20. The lowest BCUT2D eigenvalue weighted by atomic mass is 9.86. The van der Waals surface area contributed by atoms with E-state index >= 15 is 0 Å². The van der Waals surface area contributed by atoms with Crippen LogP contribution in [0.1, 0.15) is 49.3 Å². The number of carbonyl (C=O) groups is 2. The van der Waals surface area contributed by atoms with Crippen molar-refractivity contribution in [2.24, 2.45) is 11.8 Å². The van der Waals surface area contributed by atoms with Gasteiger partial charge in [0.05, 0.1) is 19.8 Å². The van der Waals surface area contributed by atoms with Crippen LogP contribution in [0, 0.1) is 24.6 Å². The molecule has 2 fully saturated rings. The van der Waals surface area contributed by atoms with E-state index in [1.807, 2.05) is 18.9 Å². The van der Waals surface area contributed by atoms with E-state index in [-0.39, 0.29) is 37.0 Å². The van der Waals surface area contributed by atoms with Crippen molar-refractivity contribution in [1.29, 1.82) is 0 Å². The van der Waals surface area contributed by atoms with Gasteiger partial charge in [-0.05, 0) is 75.3 Å². The Balaban J connectivity index is 1.66. The van der Waals surface area contributed by atoms with E-state index in [0.29, 0.717) is 25.6 Å². The molecule has 0 radical (unpaired) electrons. The molecule has 0 saturated carbocycles. The molecular formula is C27H43FN4O5. The minimum absolute atomic E-state index is 0.00683. The third kappa shape index (κ3) is 9.12. The molecule has 3 amide bonds. The van der Waals surface area contributed by atoms with E-state index in [2.05, 4.69) is 20.7 Å². The topological polar surface area (TPSA) is 101 Å². The average molecular weight is 523 g/mol. The Morgan fingerprint density at radius 1 is 1.27 bits per heavy atom. The molecule has 0 aliphatic carbocycles. The second-order valence-electron chi connectivity index (χ2n) is 10.1. The number of likely N-dealkylation sites (N-methyl/N-ethyl adjacent to an activating group) is 1. The number of nitrogens with zero attached hydrogens (tertiary/aromatic N) is 1. The van der Waals surface area contributed by atoms with Crippen LogP contribution in [-0.4, -0.2) is 83.2 Å². The Morgan fingerprint density at radius 2 is 2.11 bits per heavy atom. The minimum Gasteiger partial charge on any atom is -0.453 e. The van der Waals surface area contributed by atoms with Crippen LogP contribution in [-0.2, 0) is 14.2 Å². The van der Waals surface area contributed by atoms with Crippen LogP contribution in [0.4, 0.5) is 14.0 Å². The molecular weight excluding hydrogens is 479 g/mol. The molecule has 3 N–H and O–H groups in total. The molecule has 2 saturated heterocycles. The number of methoxy groups -OCH3 is 1. The van der Waals surface area contributed by atoms with Crippen molar-refractivity contribution in [2.45, 2.75) is 51.2 Å². The fourth-order valence-electron chi connectivity index (χ4n) is 5.35.